The Bertz CT molecular complexity index is 621. The van der Waals surface area contributed by atoms with Gasteiger partial charge in [0.25, 0.3) is 0 Å². The zero-order chi connectivity index (χ0) is 14.9. The summed E-state index contributed by atoms with van der Waals surface area (Å²) < 4.78 is 34.7. The minimum atomic E-state index is -0.973. The molecule has 21 heavy (non-hydrogen) atoms. The third-order valence-corrected chi connectivity index (χ3v) is 3.77. The number of halogens is 2. The van der Waals surface area contributed by atoms with Gasteiger partial charge in [0, 0.05) is 11.6 Å². The number of benzene rings is 1. The summed E-state index contributed by atoms with van der Waals surface area (Å²) >= 11 is 0. The van der Waals surface area contributed by atoms with Crippen molar-refractivity contribution in [3.05, 3.63) is 48.1 Å². The van der Waals surface area contributed by atoms with Gasteiger partial charge in [0.15, 0.2) is 0 Å². The van der Waals surface area contributed by atoms with E-state index in [4.69, 9.17) is 4.74 Å². The van der Waals surface area contributed by atoms with Gasteiger partial charge >= 0.3 is 0 Å². The van der Waals surface area contributed by atoms with Crippen molar-refractivity contribution in [3.8, 4) is 0 Å². The predicted octanol–water partition coefficient (Wildman–Crippen LogP) is 1.62. The van der Waals surface area contributed by atoms with Crippen molar-refractivity contribution in [2.24, 2.45) is 0 Å². The Hall–Kier alpha value is -1.86. The standard InChI is InChI=1S/C14H15F2N3O2/c15-10-1-2-12(13(16)5-10)14(4-3-11(6-20)21-14)7-19-9-17-8-18-19/h1-2,5,8-9,11,20H,3-4,6-7H2/t11-,14+/m0/s1. The van der Waals surface area contributed by atoms with Gasteiger partial charge in [0.05, 0.1) is 19.3 Å². The quantitative estimate of drug-likeness (QED) is 0.931. The summed E-state index contributed by atoms with van der Waals surface area (Å²) in [4.78, 5) is 3.86. The average Bonchev–Trinajstić information content (AvgIpc) is 3.09. The minimum absolute atomic E-state index is 0.137. The van der Waals surface area contributed by atoms with Crippen LogP contribution in [0.3, 0.4) is 0 Å². The summed E-state index contributed by atoms with van der Waals surface area (Å²) in [6.07, 6.45) is 3.65. The third kappa shape index (κ3) is 2.66. The molecule has 0 radical (unpaired) electrons. The Kier molecular flexibility index (Phi) is 3.69. The molecule has 0 saturated carbocycles. The first-order chi connectivity index (χ1) is 10.1. The van der Waals surface area contributed by atoms with E-state index in [-0.39, 0.29) is 24.8 Å². The van der Waals surface area contributed by atoms with Crippen LogP contribution in [0.5, 0.6) is 0 Å². The van der Waals surface area contributed by atoms with Gasteiger partial charge < -0.3 is 9.84 Å². The number of aliphatic hydroxyl groups is 1. The molecule has 0 amide bonds. The van der Waals surface area contributed by atoms with Crippen molar-refractivity contribution in [1.82, 2.24) is 14.8 Å². The molecule has 1 aromatic heterocycles. The van der Waals surface area contributed by atoms with E-state index in [0.29, 0.717) is 12.8 Å². The molecule has 5 nitrogen and oxygen atoms in total. The van der Waals surface area contributed by atoms with Gasteiger partial charge in [0.1, 0.15) is 29.9 Å². The summed E-state index contributed by atoms with van der Waals surface area (Å²) in [5.41, 5.74) is -0.700. The molecule has 2 aromatic rings. The molecule has 7 heteroatoms. The van der Waals surface area contributed by atoms with Gasteiger partial charge in [-0.05, 0) is 18.9 Å². The molecule has 0 unspecified atom stereocenters. The molecule has 1 aliphatic rings. The summed E-state index contributed by atoms with van der Waals surface area (Å²) in [6, 6.07) is 3.44. The first-order valence-electron chi connectivity index (χ1n) is 6.69. The van der Waals surface area contributed by atoms with Crippen molar-refractivity contribution >= 4 is 0 Å². The van der Waals surface area contributed by atoms with Crippen LogP contribution in [0.4, 0.5) is 8.78 Å². The largest absolute Gasteiger partial charge is 0.394 e. The monoisotopic (exact) mass is 295 g/mol. The highest BCUT2D eigenvalue weighted by molar-refractivity contribution is 5.26. The Morgan fingerprint density at radius 1 is 1.43 bits per heavy atom. The molecule has 2 atom stereocenters. The highest BCUT2D eigenvalue weighted by Crippen LogP contribution is 2.41. The van der Waals surface area contributed by atoms with E-state index in [0.717, 1.165) is 6.07 Å². The molecule has 1 N–H and O–H groups in total. The van der Waals surface area contributed by atoms with E-state index >= 15 is 0 Å². The van der Waals surface area contributed by atoms with Crippen molar-refractivity contribution in [2.75, 3.05) is 6.61 Å². The van der Waals surface area contributed by atoms with Crippen LogP contribution >= 0.6 is 0 Å². The predicted molar refractivity (Wildman–Crippen MR) is 69.3 cm³/mol. The zero-order valence-electron chi connectivity index (χ0n) is 11.2. The van der Waals surface area contributed by atoms with Crippen LogP contribution in [0.2, 0.25) is 0 Å². The second-order valence-corrected chi connectivity index (χ2v) is 5.17. The Balaban J connectivity index is 1.99. The number of hydrogen-bond donors (Lipinski definition) is 1. The molecule has 1 aliphatic heterocycles. The smallest absolute Gasteiger partial charge is 0.137 e. The van der Waals surface area contributed by atoms with Crippen LogP contribution < -0.4 is 0 Å². The maximum Gasteiger partial charge on any atom is 0.137 e. The molecule has 1 fully saturated rings. The van der Waals surface area contributed by atoms with Crippen molar-refractivity contribution < 1.29 is 18.6 Å². The molecular weight excluding hydrogens is 280 g/mol. The number of rotatable bonds is 4. The average molecular weight is 295 g/mol. The topological polar surface area (TPSA) is 60.2 Å². The lowest BCUT2D eigenvalue weighted by atomic mass is 9.90. The lowest BCUT2D eigenvalue weighted by Gasteiger charge is -2.30. The maximum absolute atomic E-state index is 14.2. The fourth-order valence-electron chi connectivity index (χ4n) is 2.79. The molecule has 0 aliphatic carbocycles. The molecule has 112 valence electrons. The molecule has 1 saturated heterocycles. The summed E-state index contributed by atoms with van der Waals surface area (Å²) in [7, 11) is 0. The van der Waals surface area contributed by atoms with Crippen LogP contribution in [-0.4, -0.2) is 32.6 Å². The Morgan fingerprint density at radius 2 is 2.29 bits per heavy atom. The normalized spacial score (nSPS) is 25.4. The lowest BCUT2D eigenvalue weighted by molar-refractivity contribution is -0.0766. The van der Waals surface area contributed by atoms with Gasteiger partial charge in [0.2, 0.25) is 0 Å². The fraction of sp³-hybridized carbons (Fsp3) is 0.429. The van der Waals surface area contributed by atoms with E-state index < -0.39 is 17.2 Å². The highest BCUT2D eigenvalue weighted by Gasteiger charge is 2.44. The first kappa shape index (κ1) is 14.1. The van der Waals surface area contributed by atoms with Crippen LogP contribution in [0.15, 0.2) is 30.9 Å². The Labute approximate surface area is 120 Å². The molecular formula is C14H15F2N3O2. The van der Waals surface area contributed by atoms with Crippen LogP contribution in [0.1, 0.15) is 18.4 Å². The maximum atomic E-state index is 14.2. The number of hydrogen-bond acceptors (Lipinski definition) is 4. The number of aliphatic hydroxyl groups excluding tert-OH is 1. The Morgan fingerprint density at radius 3 is 2.90 bits per heavy atom. The SMILES string of the molecule is OC[C@@H]1CC[C@@](Cn2cncn2)(c2ccc(F)cc2F)O1. The first-order valence-corrected chi connectivity index (χ1v) is 6.69. The van der Waals surface area contributed by atoms with Crippen LogP contribution in [-0.2, 0) is 16.9 Å². The molecule has 3 rings (SSSR count). The second kappa shape index (κ2) is 5.50. The van der Waals surface area contributed by atoms with E-state index in [1.54, 1.807) is 4.68 Å². The second-order valence-electron chi connectivity index (χ2n) is 5.17. The summed E-state index contributed by atoms with van der Waals surface area (Å²) in [5, 5.41) is 13.3. The van der Waals surface area contributed by atoms with Gasteiger partial charge in [-0.25, -0.2) is 18.4 Å². The van der Waals surface area contributed by atoms with E-state index in [2.05, 4.69) is 10.1 Å². The van der Waals surface area contributed by atoms with Crippen LogP contribution in [0.25, 0.3) is 0 Å². The van der Waals surface area contributed by atoms with E-state index in [9.17, 15) is 13.9 Å². The molecule has 2 heterocycles. The van der Waals surface area contributed by atoms with E-state index in [1.807, 2.05) is 0 Å². The molecule has 0 bridgehead atoms. The fourth-order valence-corrected chi connectivity index (χ4v) is 2.79. The zero-order valence-corrected chi connectivity index (χ0v) is 11.2. The summed E-state index contributed by atoms with van der Waals surface area (Å²) in [5.74, 6) is -1.29. The number of ether oxygens (including phenoxy) is 1. The van der Waals surface area contributed by atoms with Crippen LogP contribution in [0, 0.1) is 11.6 Å². The number of nitrogens with zero attached hydrogens (tertiary/aromatic N) is 3. The van der Waals surface area contributed by atoms with Crippen molar-refractivity contribution in [1.29, 1.82) is 0 Å². The van der Waals surface area contributed by atoms with Crippen molar-refractivity contribution in [3.63, 3.8) is 0 Å². The minimum Gasteiger partial charge on any atom is -0.394 e. The van der Waals surface area contributed by atoms with Gasteiger partial charge in [-0.1, -0.05) is 6.07 Å². The van der Waals surface area contributed by atoms with Gasteiger partial charge in [-0.15, -0.1) is 0 Å². The lowest BCUT2D eigenvalue weighted by Crippen LogP contribution is -2.34. The molecule has 1 aromatic carbocycles. The van der Waals surface area contributed by atoms with Crippen molar-refractivity contribution in [2.45, 2.75) is 31.1 Å². The van der Waals surface area contributed by atoms with Gasteiger partial charge in [-0.3, -0.25) is 0 Å². The molecule has 0 spiro atoms. The van der Waals surface area contributed by atoms with E-state index in [1.165, 1.54) is 24.8 Å². The summed E-state index contributed by atoms with van der Waals surface area (Å²) in [6.45, 7) is 0.119. The number of aromatic nitrogens is 3. The third-order valence-electron chi connectivity index (χ3n) is 3.77. The van der Waals surface area contributed by atoms with Gasteiger partial charge in [-0.2, -0.15) is 5.10 Å². The highest BCUT2D eigenvalue weighted by atomic mass is 19.1.